The van der Waals surface area contributed by atoms with Gasteiger partial charge < -0.3 is 24.4 Å². The van der Waals surface area contributed by atoms with Gasteiger partial charge in [0, 0.05) is 25.4 Å². The van der Waals surface area contributed by atoms with Crippen LogP contribution in [-0.4, -0.2) is 71.8 Å². The van der Waals surface area contributed by atoms with E-state index in [1.54, 1.807) is 17.9 Å². The van der Waals surface area contributed by atoms with Crippen molar-refractivity contribution in [2.75, 3.05) is 31.2 Å². The number of aliphatic hydroxyl groups is 1. The number of carbonyl (C=O) groups excluding carboxylic acids is 3. The van der Waals surface area contributed by atoms with Crippen LogP contribution in [0, 0.1) is 25.7 Å². The zero-order chi connectivity index (χ0) is 24.6. The molecule has 4 rings (SSSR count). The summed E-state index contributed by atoms with van der Waals surface area (Å²) in [5, 5.41) is 9.47. The quantitative estimate of drug-likeness (QED) is 0.439. The first-order chi connectivity index (χ1) is 16.3. The molecule has 3 aliphatic heterocycles. The molecule has 2 unspecified atom stereocenters. The summed E-state index contributed by atoms with van der Waals surface area (Å²) in [4.78, 5) is 44.1. The van der Waals surface area contributed by atoms with Gasteiger partial charge >= 0.3 is 5.97 Å². The predicted octanol–water partition coefficient (Wildman–Crippen LogP) is 2.14. The lowest BCUT2D eigenvalue weighted by atomic mass is 9.70. The van der Waals surface area contributed by atoms with Crippen molar-refractivity contribution in [1.29, 1.82) is 0 Å². The topological polar surface area (TPSA) is 96.4 Å². The largest absolute Gasteiger partial charge is 0.466 e. The van der Waals surface area contributed by atoms with Gasteiger partial charge in [-0.3, -0.25) is 14.4 Å². The van der Waals surface area contributed by atoms with Crippen LogP contribution in [0.2, 0.25) is 0 Å². The van der Waals surface area contributed by atoms with Crippen LogP contribution in [0.1, 0.15) is 37.3 Å². The lowest BCUT2D eigenvalue weighted by molar-refractivity contribution is -0.154. The first-order valence-electron chi connectivity index (χ1n) is 12.1. The molecule has 1 aromatic rings. The summed E-state index contributed by atoms with van der Waals surface area (Å²) in [6.07, 6.45) is 2.68. The van der Waals surface area contributed by atoms with Crippen molar-refractivity contribution in [3.05, 3.63) is 42.0 Å². The van der Waals surface area contributed by atoms with Gasteiger partial charge in [-0.15, -0.1) is 6.58 Å². The zero-order valence-electron chi connectivity index (χ0n) is 20.2. The molecule has 2 amide bonds. The van der Waals surface area contributed by atoms with Crippen LogP contribution in [-0.2, 0) is 23.9 Å². The number of rotatable bonds is 9. The maximum absolute atomic E-state index is 14.3. The molecule has 0 saturated carbocycles. The van der Waals surface area contributed by atoms with E-state index in [1.165, 1.54) is 4.90 Å². The first kappa shape index (κ1) is 24.4. The number of anilines is 1. The maximum atomic E-state index is 14.3. The number of benzene rings is 1. The Morgan fingerprint density at radius 2 is 2.06 bits per heavy atom. The molecule has 5 atom stereocenters. The van der Waals surface area contributed by atoms with Gasteiger partial charge in [0.15, 0.2) is 0 Å². The van der Waals surface area contributed by atoms with E-state index < -0.39 is 35.6 Å². The van der Waals surface area contributed by atoms with Crippen molar-refractivity contribution in [2.24, 2.45) is 11.8 Å². The summed E-state index contributed by atoms with van der Waals surface area (Å²) < 4.78 is 11.7. The van der Waals surface area contributed by atoms with E-state index in [-0.39, 0.29) is 38.1 Å². The number of fused-ring (bicyclic) bond motifs is 1. The SMILES string of the molecule is C=CCN(C(=O)C1N(CCCO)C(=O)[C@@H]2[C@H](C(=O)OCC)[C@@H]3CCC12O3)c1c(C)cccc1C. The number of aryl methyl sites for hydroxylation is 2. The second-order valence-corrected chi connectivity index (χ2v) is 9.39. The van der Waals surface area contributed by atoms with Gasteiger partial charge in [0.25, 0.3) is 5.91 Å². The molecular formula is C26H34N2O6. The van der Waals surface area contributed by atoms with E-state index in [0.717, 1.165) is 16.8 Å². The molecule has 0 aliphatic carbocycles. The summed E-state index contributed by atoms with van der Waals surface area (Å²) in [6, 6.07) is 4.95. The molecule has 184 valence electrons. The van der Waals surface area contributed by atoms with Gasteiger partial charge in [0.05, 0.1) is 24.5 Å². The zero-order valence-corrected chi connectivity index (χ0v) is 20.2. The molecule has 1 aromatic carbocycles. The summed E-state index contributed by atoms with van der Waals surface area (Å²) in [5.74, 6) is -2.45. The fraction of sp³-hybridized carbons (Fsp3) is 0.577. The number of hydrogen-bond donors (Lipinski definition) is 1. The number of ether oxygens (including phenoxy) is 2. The van der Waals surface area contributed by atoms with Crippen LogP contribution < -0.4 is 4.90 Å². The van der Waals surface area contributed by atoms with E-state index in [2.05, 4.69) is 6.58 Å². The lowest BCUT2D eigenvalue weighted by Crippen LogP contribution is -2.56. The Balaban J connectivity index is 1.79. The number of aliphatic hydroxyl groups excluding tert-OH is 1. The third-order valence-electron chi connectivity index (χ3n) is 7.44. The van der Waals surface area contributed by atoms with E-state index in [1.807, 2.05) is 32.0 Å². The van der Waals surface area contributed by atoms with E-state index in [4.69, 9.17) is 9.47 Å². The molecule has 3 aliphatic rings. The highest BCUT2D eigenvalue weighted by Gasteiger charge is 2.75. The summed E-state index contributed by atoms with van der Waals surface area (Å²) >= 11 is 0. The number of likely N-dealkylation sites (tertiary alicyclic amines) is 1. The highest BCUT2D eigenvalue weighted by atomic mass is 16.6. The van der Waals surface area contributed by atoms with Gasteiger partial charge in [-0.1, -0.05) is 24.3 Å². The second-order valence-electron chi connectivity index (χ2n) is 9.39. The Labute approximate surface area is 200 Å². The average Bonchev–Trinajstić information content (AvgIpc) is 3.44. The van der Waals surface area contributed by atoms with Crippen molar-refractivity contribution in [3.63, 3.8) is 0 Å². The summed E-state index contributed by atoms with van der Waals surface area (Å²) in [6.45, 7) is 10.1. The van der Waals surface area contributed by atoms with Gasteiger partial charge in [-0.05, 0) is 51.2 Å². The number of carbonyl (C=O) groups is 3. The normalized spacial score (nSPS) is 29.3. The number of hydrogen-bond acceptors (Lipinski definition) is 6. The van der Waals surface area contributed by atoms with E-state index in [9.17, 15) is 19.5 Å². The van der Waals surface area contributed by atoms with Crippen LogP contribution in [0.15, 0.2) is 30.9 Å². The van der Waals surface area contributed by atoms with Crippen LogP contribution in [0.3, 0.4) is 0 Å². The minimum atomic E-state index is -1.08. The molecule has 2 bridgehead atoms. The van der Waals surface area contributed by atoms with Crippen LogP contribution in [0.5, 0.6) is 0 Å². The molecule has 0 radical (unpaired) electrons. The van der Waals surface area contributed by atoms with Gasteiger partial charge in [-0.2, -0.15) is 0 Å². The molecule has 8 nitrogen and oxygen atoms in total. The van der Waals surface area contributed by atoms with E-state index in [0.29, 0.717) is 19.3 Å². The van der Waals surface area contributed by atoms with Crippen molar-refractivity contribution in [3.8, 4) is 0 Å². The van der Waals surface area contributed by atoms with Crippen molar-refractivity contribution in [2.45, 2.75) is 57.8 Å². The second kappa shape index (κ2) is 9.50. The fourth-order valence-corrected chi connectivity index (χ4v) is 6.22. The molecule has 1 spiro atoms. The Morgan fingerprint density at radius 1 is 1.35 bits per heavy atom. The number of nitrogens with zero attached hydrogens (tertiary/aromatic N) is 2. The Hall–Kier alpha value is -2.71. The smallest absolute Gasteiger partial charge is 0.312 e. The highest BCUT2D eigenvalue weighted by molar-refractivity contribution is 6.05. The Morgan fingerprint density at radius 3 is 2.68 bits per heavy atom. The predicted molar refractivity (Wildman–Crippen MR) is 126 cm³/mol. The van der Waals surface area contributed by atoms with Crippen molar-refractivity contribution >= 4 is 23.5 Å². The van der Waals surface area contributed by atoms with Crippen molar-refractivity contribution < 1.29 is 29.0 Å². The summed E-state index contributed by atoms with van der Waals surface area (Å²) in [7, 11) is 0. The number of esters is 1. The lowest BCUT2D eigenvalue weighted by Gasteiger charge is -2.37. The Kier molecular flexibility index (Phi) is 6.82. The molecular weight excluding hydrogens is 436 g/mol. The molecule has 3 saturated heterocycles. The average molecular weight is 471 g/mol. The van der Waals surface area contributed by atoms with E-state index >= 15 is 0 Å². The molecule has 34 heavy (non-hydrogen) atoms. The van der Waals surface area contributed by atoms with Gasteiger partial charge in [0.2, 0.25) is 5.91 Å². The molecule has 1 N–H and O–H groups in total. The Bertz CT molecular complexity index is 973. The summed E-state index contributed by atoms with van der Waals surface area (Å²) in [5.41, 5.74) is 1.59. The molecule has 0 aromatic heterocycles. The molecule has 3 fully saturated rings. The van der Waals surface area contributed by atoms with Crippen LogP contribution in [0.25, 0.3) is 0 Å². The molecule has 8 heteroatoms. The van der Waals surface area contributed by atoms with Crippen LogP contribution in [0.4, 0.5) is 5.69 Å². The van der Waals surface area contributed by atoms with Gasteiger partial charge in [0.1, 0.15) is 11.6 Å². The minimum absolute atomic E-state index is 0.111. The third kappa shape index (κ3) is 3.64. The minimum Gasteiger partial charge on any atom is -0.466 e. The monoisotopic (exact) mass is 470 g/mol. The maximum Gasteiger partial charge on any atom is 0.312 e. The first-order valence-corrected chi connectivity index (χ1v) is 12.1. The number of amides is 2. The fourth-order valence-electron chi connectivity index (χ4n) is 6.22. The standard InChI is InChI=1S/C26H34N2O6/c1-5-13-27(21-16(3)9-7-10-17(21)4)24(31)22-26-12-11-18(34-26)19(25(32)33-6-2)20(26)23(30)28(22)14-8-15-29/h5,7,9-10,18-20,22,29H,1,6,8,11-15H2,2-4H3/t18-,19+,20-,22?,26?/m0/s1. The van der Waals surface area contributed by atoms with Crippen LogP contribution >= 0.6 is 0 Å². The molecule has 3 heterocycles. The third-order valence-corrected chi connectivity index (χ3v) is 7.44. The van der Waals surface area contributed by atoms with Crippen molar-refractivity contribution in [1.82, 2.24) is 4.90 Å². The van der Waals surface area contributed by atoms with Gasteiger partial charge in [-0.25, -0.2) is 0 Å². The highest BCUT2D eigenvalue weighted by Crippen LogP contribution is 2.59. The number of para-hydroxylation sites is 1.